The molecule has 0 aliphatic heterocycles. The molecule has 3 nitrogen and oxygen atoms in total. The van der Waals surface area contributed by atoms with Crippen LogP contribution in [0, 0.1) is 6.92 Å². The molecule has 4 heteroatoms. The standard InChI is InChI=1S/C11H9ClN2O/c1-7-3-2-4-8(5-7)10-6-9(12)11(15)14-13-10/h2-6H,1H3,(H,14,15). The maximum atomic E-state index is 11.0. The van der Waals surface area contributed by atoms with Crippen LogP contribution < -0.4 is 5.56 Å². The molecule has 1 aromatic heterocycles. The van der Waals surface area contributed by atoms with Crippen LogP contribution in [0.2, 0.25) is 5.02 Å². The Balaban J connectivity index is 2.55. The van der Waals surface area contributed by atoms with Gasteiger partial charge >= 0.3 is 0 Å². The maximum absolute atomic E-state index is 11.0. The van der Waals surface area contributed by atoms with Gasteiger partial charge in [-0.05, 0) is 19.1 Å². The number of benzene rings is 1. The minimum atomic E-state index is -0.368. The third kappa shape index (κ3) is 2.07. The number of aromatic nitrogens is 2. The highest BCUT2D eigenvalue weighted by Gasteiger charge is 2.02. The molecule has 0 bridgehead atoms. The fourth-order valence-electron chi connectivity index (χ4n) is 1.33. The van der Waals surface area contributed by atoms with E-state index in [4.69, 9.17) is 11.6 Å². The van der Waals surface area contributed by atoms with Crippen LogP contribution in [0.5, 0.6) is 0 Å². The summed E-state index contributed by atoms with van der Waals surface area (Å²) in [6.07, 6.45) is 0. The van der Waals surface area contributed by atoms with Crippen molar-refractivity contribution in [1.82, 2.24) is 10.2 Å². The summed E-state index contributed by atoms with van der Waals surface area (Å²) in [5.74, 6) is 0. The fourth-order valence-corrected chi connectivity index (χ4v) is 1.48. The molecule has 0 fully saturated rings. The SMILES string of the molecule is Cc1cccc(-c2cc(Cl)c(=O)[nH]n2)c1. The summed E-state index contributed by atoms with van der Waals surface area (Å²) in [6.45, 7) is 2.00. The van der Waals surface area contributed by atoms with Crippen LogP contribution >= 0.6 is 11.6 Å². The Morgan fingerprint density at radius 2 is 2.13 bits per heavy atom. The second-order valence-corrected chi connectivity index (χ2v) is 3.71. The van der Waals surface area contributed by atoms with Crippen molar-refractivity contribution < 1.29 is 0 Å². The molecule has 76 valence electrons. The van der Waals surface area contributed by atoms with Crippen LogP contribution in [0.4, 0.5) is 0 Å². The molecular weight excluding hydrogens is 212 g/mol. The number of hydrogen-bond acceptors (Lipinski definition) is 2. The Morgan fingerprint density at radius 3 is 2.80 bits per heavy atom. The first-order chi connectivity index (χ1) is 7.16. The van der Waals surface area contributed by atoms with Crippen LogP contribution in [-0.4, -0.2) is 10.2 Å². The van der Waals surface area contributed by atoms with Crippen molar-refractivity contribution in [2.45, 2.75) is 6.92 Å². The molecule has 15 heavy (non-hydrogen) atoms. The van der Waals surface area contributed by atoms with Gasteiger partial charge in [0.05, 0.1) is 5.69 Å². The lowest BCUT2D eigenvalue weighted by Crippen LogP contribution is -2.08. The fraction of sp³-hybridized carbons (Fsp3) is 0.0909. The minimum absolute atomic E-state index is 0.154. The molecule has 1 heterocycles. The summed E-state index contributed by atoms with van der Waals surface area (Å²) >= 11 is 5.72. The topological polar surface area (TPSA) is 45.8 Å². The molecule has 0 radical (unpaired) electrons. The van der Waals surface area contributed by atoms with Crippen molar-refractivity contribution in [3.05, 3.63) is 51.3 Å². The van der Waals surface area contributed by atoms with Gasteiger partial charge in [-0.3, -0.25) is 4.79 Å². The van der Waals surface area contributed by atoms with Gasteiger partial charge in [0.15, 0.2) is 0 Å². The molecule has 0 atom stereocenters. The number of H-pyrrole nitrogens is 1. The molecule has 0 unspecified atom stereocenters. The van der Waals surface area contributed by atoms with Gasteiger partial charge in [0.2, 0.25) is 0 Å². The van der Waals surface area contributed by atoms with Gasteiger partial charge in [0.1, 0.15) is 5.02 Å². The molecule has 1 aromatic carbocycles. The Kier molecular flexibility index (Phi) is 2.56. The molecule has 0 aliphatic carbocycles. The lowest BCUT2D eigenvalue weighted by molar-refractivity contribution is 0.995. The van der Waals surface area contributed by atoms with Gasteiger partial charge in [0.25, 0.3) is 5.56 Å². The first-order valence-corrected chi connectivity index (χ1v) is 4.87. The predicted molar refractivity (Wildman–Crippen MR) is 60.0 cm³/mol. The predicted octanol–water partition coefficient (Wildman–Crippen LogP) is 2.40. The Hall–Kier alpha value is -1.61. The maximum Gasteiger partial charge on any atom is 0.282 e. The minimum Gasteiger partial charge on any atom is -0.266 e. The van der Waals surface area contributed by atoms with E-state index in [1.165, 1.54) is 0 Å². The average Bonchev–Trinajstić information content (AvgIpc) is 2.22. The Morgan fingerprint density at radius 1 is 1.33 bits per heavy atom. The number of nitrogens with one attached hydrogen (secondary N) is 1. The molecule has 2 rings (SSSR count). The van der Waals surface area contributed by atoms with Crippen LogP contribution in [0.3, 0.4) is 0 Å². The van der Waals surface area contributed by atoms with Crippen molar-refractivity contribution in [3.63, 3.8) is 0 Å². The van der Waals surface area contributed by atoms with E-state index in [9.17, 15) is 4.79 Å². The molecule has 1 N–H and O–H groups in total. The van der Waals surface area contributed by atoms with E-state index in [2.05, 4.69) is 10.2 Å². The van der Waals surface area contributed by atoms with E-state index in [-0.39, 0.29) is 10.6 Å². The summed E-state index contributed by atoms with van der Waals surface area (Å²) < 4.78 is 0. The molecule has 0 aliphatic rings. The van der Waals surface area contributed by atoms with E-state index in [0.29, 0.717) is 5.69 Å². The second-order valence-electron chi connectivity index (χ2n) is 3.30. The highest BCUT2D eigenvalue weighted by Crippen LogP contribution is 2.18. The molecule has 0 saturated carbocycles. The monoisotopic (exact) mass is 220 g/mol. The normalized spacial score (nSPS) is 10.3. The molecular formula is C11H9ClN2O. The zero-order valence-electron chi connectivity index (χ0n) is 8.12. The van der Waals surface area contributed by atoms with Gasteiger partial charge in [0, 0.05) is 5.56 Å². The first kappa shape index (κ1) is 9.93. The number of aromatic amines is 1. The molecule has 0 amide bonds. The Labute approximate surface area is 91.7 Å². The highest BCUT2D eigenvalue weighted by molar-refractivity contribution is 6.30. The van der Waals surface area contributed by atoms with Crippen molar-refractivity contribution in [3.8, 4) is 11.3 Å². The van der Waals surface area contributed by atoms with Crippen LogP contribution in [0.25, 0.3) is 11.3 Å². The van der Waals surface area contributed by atoms with Gasteiger partial charge in [-0.25, -0.2) is 5.10 Å². The number of aryl methyl sites for hydroxylation is 1. The van der Waals surface area contributed by atoms with Gasteiger partial charge in [-0.1, -0.05) is 35.4 Å². The van der Waals surface area contributed by atoms with E-state index in [0.717, 1.165) is 11.1 Å². The Bertz CT molecular complexity index is 548. The van der Waals surface area contributed by atoms with E-state index in [1.54, 1.807) is 6.07 Å². The van der Waals surface area contributed by atoms with Crippen molar-refractivity contribution >= 4 is 11.6 Å². The van der Waals surface area contributed by atoms with E-state index < -0.39 is 0 Å². The van der Waals surface area contributed by atoms with Gasteiger partial charge < -0.3 is 0 Å². The van der Waals surface area contributed by atoms with Crippen molar-refractivity contribution in [2.75, 3.05) is 0 Å². The number of halogens is 1. The van der Waals surface area contributed by atoms with Gasteiger partial charge in [-0.15, -0.1) is 0 Å². The molecule has 2 aromatic rings. The summed E-state index contributed by atoms with van der Waals surface area (Å²) in [5.41, 5.74) is 2.38. The van der Waals surface area contributed by atoms with E-state index >= 15 is 0 Å². The van der Waals surface area contributed by atoms with Crippen molar-refractivity contribution in [2.24, 2.45) is 0 Å². The summed E-state index contributed by atoms with van der Waals surface area (Å²) in [4.78, 5) is 11.0. The lowest BCUT2D eigenvalue weighted by Gasteiger charge is -2.01. The second kappa shape index (κ2) is 3.87. The average molecular weight is 221 g/mol. The third-order valence-electron chi connectivity index (χ3n) is 2.07. The largest absolute Gasteiger partial charge is 0.282 e. The number of nitrogens with zero attached hydrogens (tertiary/aromatic N) is 1. The first-order valence-electron chi connectivity index (χ1n) is 4.49. The van der Waals surface area contributed by atoms with Crippen LogP contribution in [0.1, 0.15) is 5.56 Å². The van der Waals surface area contributed by atoms with Crippen LogP contribution in [0.15, 0.2) is 35.1 Å². The van der Waals surface area contributed by atoms with Crippen molar-refractivity contribution in [1.29, 1.82) is 0 Å². The van der Waals surface area contributed by atoms with E-state index in [1.807, 2.05) is 31.2 Å². The number of rotatable bonds is 1. The lowest BCUT2D eigenvalue weighted by atomic mass is 10.1. The zero-order valence-corrected chi connectivity index (χ0v) is 8.88. The third-order valence-corrected chi connectivity index (χ3v) is 2.35. The smallest absolute Gasteiger partial charge is 0.266 e. The molecule has 0 spiro atoms. The quantitative estimate of drug-likeness (QED) is 0.802. The zero-order chi connectivity index (χ0) is 10.8. The molecule has 0 saturated heterocycles. The number of hydrogen-bond donors (Lipinski definition) is 1. The summed E-state index contributed by atoms with van der Waals surface area (Å²) in [6, 6.07) is 9.40. The van der Waals surface area contributed by atoms with Crippen LogP contribution in [-0.2, 0) is 0 Å². The summed E-state index contributed by atoms with van der Waals surface area (Å²) in [5, 5.41) is 6.43. The highest BCUT2D eigenvalue weighted by atomic mass is 35.5. The summed E-state index contributed by atoms with van der Waals surface area (Å²) in [7, 11) is 0. The van der Waals surface area contributed by atoms with Gasteiger partial charge in [-0.2, -0.15) is 5.10 Å².